The number of hydrogen-bond donors (Lipinski definition) is 0. The fraction of sp³-hybridized carbons (Fsp3) is 0.469. The number of carbonyl (C=O) groups excluding carboxylic acids is 1. The quantitative estimate of drug-likeness (QED) is 0.349. The normalized spacial score (nSPS) is 16.3. The second kappa shape index (κ2) is 12.5. The molecule has 3 aromatic rings. The molecule has 0 bridgehead atoms. The first-order chi connectivity index (χ1) is 19.8. The van der Waals surface area contributed by atoms with Crippen LogP contribution in [-0.2, 0) is 20.8 Å². The van der Waals surface area contributed by atoms with E-state index >= 15 is 0 Å². The number of rotatable bonds is 9. The summed E-state index contributed by atoms with van der Waals surface area (Å²) in [5, 5.41) is 0. The molecule has 0 radical (unpaired) electrons. The Morgan fingerprint density at radius 1 is 0.927 bits per heavy atom. The van der Waals surface area contributed by atoms with Gasteiger partial charge in [0.15, 0.2) is 0 Å². The fourth-order valence-electron chi connectivity index (χ4n) is 5.62. The molecule has 2 aliphatic heterocycles. The number of nitrogens with zero attached hydrogens (tertiary/aromatic N) is 3. The molecule has 1 aromatic carbocycles. The lowest BCUT2D eigenvalue weighted by Gasteiger charge is -2.31. The standard InChI is InChI=1S/C32H41N3O6/c1-21(2)41-32(36)27-18-26-15-25(19-35(26)31(22(27)3)23(4)34-9-13-40-14-10-34)24-16-29(37-5)28(30(17-24)38-6)20-33-7-11-39-12-8-33/h15-19,21H,4,7-14,20H2,1-3,5-6H3. The van der Waals surface area contributed by atoms with Crippen LogP contribution in [0.2, 0.25) is 0 Å². The van der Waals surface area contributed by atoms with Crippen LogP contribution in [0.15, 0.2) is 37.0 Å². The van der Waals surface area contributed by atoms with Gasteiger partial charge in [-0.15, -0.1) is 0 Å². The molecule has 0 aliphatic carbocycles. The third kappa shape index (κ3) is 6.07. The average Bonchev–Trinajstić information content (AvgIpc) is 3.41. The van der Waals surface area contributed by atoms with Crippen molar-refractivity contribution < 1.29 is 28.5 Å². The number of esters is 1. The molecular weight excluding hydrogens is 522 g/mol. The van der Waals surface area contributed by atoms with Gasteiger partial charge in [-0.2, -0.15) is 0 Å². The van der Waals surface area contributed by atoms with Gasteiger partial charge in [-0.25, -0.2) is 4.79 Å². The Balaban J connectivity index is 1.61. The lowest BCUT2D eigenvalue weighted by Crippen LogP contribution is -2.35. The number of carbonyl (C=O) groups is 1. The van der Waals surface area contributed by atoms with Gasteiger partial charge in [0.05, 0.1) is 69.3 Å². The van der Waals surface area contributed by atoms with E-state index in [1.807, 2.05) is 26.8 Å². The third-order valence-corrected chi connectivity index (χ3v) is 7.80. The zero-order valence-electron chi connectivity index (χ0n) is 24.8. The van der Waals surface area contributed by atoms with Crippen LogP contribution < -0.4 is 9.47 Å². The summed E-state index contributed by atoms with van der Waals surface area (Å²) >= 11 is 0. The van der Waals surface area contributed by atoms with E-state index in [0.29, 0.717) is 18.8 Å². The second-order valence-corrected chi connectivity index (χ2v) is 10.8. The van der Waals surface area contributed by atoms with Gasteiger partial charge in [0, 0.05) is 50.0 Å². The van der Waals surface area contributed by atoms with Crippen molar-refractivity contribution in [3.63, 3.8) is 0 Å². The summed E-state index contributed by atoms with van der Waals surface area (Å²) in [4.78, 5) is 17.7. The van der Waals surface area contributed by atoms with Crippen molar-refractivity contribution in [2.45, 2.75) is 33.4 Å². The molecule has 0 saturated carbocycles. The first-order valence-electron chi connectivity index (χ1n) is 14.2. The predicted molar refractivity (Wildman–Crippen MR) is 159 cm³/mol. The van der Waals surface area contributed by atoms with Crippen LogP contribution in [0.1, 0.15) is 41.0 Å². The van der Waals surface area contributed by atoms with Crippen molar-refractivity contribution in [1.29, 1.82) is 0 Å². The molecular formula is C32H41N3O6. The fourth-order valence-corrected chi connectivity index (χ4v) is 5.62. The summed E-state index contributed by atoms with van der Waals surface area (Å²) in [7, 11) is 3.38. The predicted octanol–water partition coefficient (Wildman–Crippen LogP) is 4.63. The van der Waals surface area contributed by atoms with E-state index in [9.17, 15) is 4.79 Å². The van der Waals surface area contributed by atoms with Crippen molar-refractivity contribution in [2.24, 2.45) is 0 Å². The minimum atomic E-state index is -0.338. The Morgan fingerprint density at radius 3 is 2.12 bits per heavy atom. The van der Waals surface area contributed by atoms with Gasteiger partial charge >= 0.3 is 5.97 Å². The van der Waals surface area contributed by atoms with Gasteiger partial charge < -0.3 is 33.0 Å². The molecule has 2 fully saturated rings. The lowest BCUT2D eigenvalue weighted by molar-refractivity contribution is 0.0335. The van der Waals surface area contributed by atoms with Gasteiger partial charge in [0.25, 0.3) is 0 Å². The number of methoxy groups -OCH3 is 2. The Kier molecular flexibility index (Phi) is 8.87. The SMILES string of the molecule is C=C(c1c(C)c(C(=O)OC(C)C)cc2cc(-c3cc(OC)c(CN4CCOCC4)c(OC)c3)cn12)N1CCOCC1. The van der Waals surface area contributed by atoms with Crippen LogP contribution >= 0.6 is 0 Å². The summed E-state index contributed by atoms with van der Waals surface area (Å²) in [5.74, 6) is 1.21. The van der Waals surface area contributed by atoms with Gasteiger partial charge in [-0.3, -0.25) is 4.90 Å². The molecule has 0 atom stereocenters. The molecule has 2 saturated heterocycles. The average molecular weight is 564 g/mol. The number of morpholine rings is 2. The molecule has 0 spiro atoms. The molecule has 4 heterocycles. The molecule has 0 unspecified atom stereocenters. The maximum atomic E-state index is 13.2. The highest BCUT2D eigenvalue weighted by atomic mass is 16.5. The molecule has 220 valence electrons. The maximum Gasteiger partial charge on any atom is 0.338 e. The molecule has 0 amide bonds. The van der Waals surface area contributed by atoms with Crippen molar-refractivity contribution in [3.05, 3.63) is 59.4 Å². The third-order valence-electron chi connectivity index (χ3n) is 7.80. The first-order valence-corrected chi connectivity index (χ1v) is 14.2. The highest BCUT2D eigenvalue weighted by Gasteiger charge is 2.25. The number of fused-ring (bicyclic) bond motifs is 1. The van der Waals surface area contributed by atoms with Crippen molar-refractivity contribution >= 4 is 17.2 Å². The van der Waals surface area contributed by atoms with Crippen LogP contribution in [0.25, 0.3) is 22.3 Å². The molecule has 0 N–H and O–H groups in total. The number of pyridine rings is 1. The Hall–Kier alpha value is -3.53. The van der Waals surface area contributed by atoms with Crippen LogP contribution in [0.5, 0.6) is 11.5 Å². The van der Waals surface area contributed by atoms with Gasteiger partial charge in [-0.1, -0.05) is 6.58 Å². The van der Waals surface area contributed by atoms with Gasteiger partial charge in [-0.05, 0) is 56.2 Å². The highest BCUT2D eigenvalue weighted by Crippen LogP contribution is 2.38. The molecule has 2 aromatic heterocycles. The largest absolute Gasteiger partial charge is 0.496 e. The van der Waals surface area contributed by atoms with E-state index in [0.717, 1.165) is 96.6 Å². The summed E-state index contributed by atoms with van der Waals surface area (Å²) in [6.45, 7) is 16.8. The Bertz CT molecular complexity index is 1390. The summed E-state index contributed by atoms with van der Waals surface area (Å²) in [6, 6.07) is 8.10. The van der Waals surface area contributed by atoms with Crippen molar-refractivity contribution in [1.82, 2.24) is 14.2 Å². The van der Waals surface area contributed by atoms with Crippen molar-refractivity contribution in [3.8, 4) is 22.6 Å². The maximum absolute atomic E-state index is 13.2. The Labute approximate surface area is 242 Å². The van der Waals surface area contributed by atoms with E-state index in [-0.39, 0.29) is 12.1 Å². The monoisotopic (exact) mass is 563 g/mol. The van der Waals surface area contributed by atoms with E-state index in [4.69, 9.17) is 23.7 Å². The van der Waals surface area contributed by atoms with E-state index in [2.05, 4.69) is 45.2 Å². The summed E-state index contributed by atoms with van der Waals surface area (Å²) in [5.41, 5.74) is 6.93. The summed E-state index contributed by atoms with van der Waals surface area (Å²) < 4.78 is 30.6. The summed E-state index contributed by atoms with van der Waals surface area (Å²) in [6.07, 6.45) is 1.87. The Morgan fingerprint density at radius 2 is 1.54 bits per heavy atom. The van der Waals surface area contributed by atoms with E-state index < -0.39 is 0 Å². The molecule has 2 aliphatic rings. The van der Waals surface area contributed by atoms with Crippen molar-refractivity contribution in [2.75, 3.05) is 66.8 Å². The molecule has 9 nitrogen and oxygen atoms in total. The minimum Gasteiger partial charge on any atom is -0.496 e. The number of ether oxygens (including phenoxy) is 5. The van der Waals surface area contributed by atoms with Gasteiger partial charge in [0.2, 0.25) is 0 Å². The highest BCUT2D eigenvalue weighted by molar-refractivity contribution is 5.94. The molecule has 9 heteroatoms. The second-order valence-electron chi connectivity index (χ2n) is 10.8. The van der Waals surface area contributed by atoms with E-state index in [1.54, 1.807) is 14.2 Å². The zero-order chi connectivity index (χ0) is 29.1. The smallest absolute Gasteiger partial charge is 0.338 e. The zero-order valence-corrected chi connectivity index (χ0v) is 24.8. The number of hydrogen-bond acceptors (Lipinski definition) is 8. The topological polar surface area (TPSA) is 74.1 Å². The van der Waals surface area contributed by atoms with Crippen LogP contribution in [-0.4, -0.2) is 93.1 Å². The van der Waals surface area contributed by atoms with Crippen LogP contribution in [0, 0.1) is 6.92 Å². The number of benzene rings is 1. The minimum absolute atomic E-state index is 0.220. The van der Waals surface area contributed by atoms with Crippen LogP contribution in [0.3, 0.4) is 0 Å². The first kappa shape index (κ1) is 29.0. The number of aromatic nitrogens is 1. The van der Waals surface area contributed by atoms with Gasteiger partial charge in [0.1, 0.15) is 11.5 Å². The van der Waals surface area contributed by atoms with Crippen LogP contribution in [0.4, 0.5) is 0 Å². The molecule has 41 heavy (non-hydrogen) atoms. The van der Waals surface area contributed by atoms with E-state index in [1.165, 1.54) is 0 Å². The lowest BCUT2D eigenvalue weighted by atomic mass is 10.0. The molecule has 5 rings (SSSR count).